The van der Waals surface area contributed by atoms with E-state index in [4.69, 9.17) is 5.73 Å². The van der Waals surface area contributed by atoms with E-state index in [0.29, 0.717) is 12.1 Å². The third-order valence-corrected chi connectivity index (χ3v) is 2.93. The van der Waals surface area contributed by atoms with Gasteiger partial charge >= 0.3 is 5.97 Å². The Labute approximate surface area is 121 Å². The maximum Gasteiger partial charge on any atom is 0.306 e. The zero-order valence-corrected chi connectivity index (χ0v) is 11.9. The number of esters is 1. The van der Waals surface area contributed by atoms with Gasteiger partial charge in [-0.3, -0.25) is 19.7 Å². The Balaban J connectivity index is 2.85. The van der Waals surface area contributed by atoms with Gasteiger partial charge in [0, 0.05) is 30.3 Å². The van der Waals surface area contributed by atoms with Crippen molar-refractivity contribution in [3.05, 3.63) is 39.4 Å². The second-order valence-electron chi connectivity index (χ2n) is 4.53. The summed E-state index contributed by atoms with van der Waals surface area (Å²) in [6, 6.07) is 4.09. The fourth-order valence-electron chi connectivity index (χ4n) is 1.77. The van der Waals surface area contributed by atoms with Crippen LogP contribution < -0.4 is 5.73 Å². The number of primary amides is 1. The lowest BCUT2D eigenvalue weighted by Crippen LogP contribution is -2.22. The number of amides is 1. The molecule has 0 spiro atoms. The molecule has 0 fully saturated rings. The minimum Gasteiger partial charge on any atom is -0.469 e. The van der Waals surface area contributed by atoms with Gasteiger partial charge in [-0.2, -0.15) is 0 Å². The van der Waals surface area contributed by atoms with Crippen LogP contribution in [0.5, 0.6) is 0 Å². The lowest BCUT2D eigenvalue weighted by atomic mass is 10.1. The van der Waals surface area contributed by atoms with Gasteiger partial charge in [-0.05, 0) is 13.1 Å². The standard InChI is InChI=1S/C13H17N3O5/c1-15(6-5-12(17)21-2)8-10-4-3-9(13(14)18)7-11(10)16(19)20/h3-4,7H,5-6,8H2,1-2H3,(H2,14,18). The molecule has 0 aromatic heterocycles. The summed E-state index contributed by atoms with van der Waals surface area (Å²) in [5, 5.41) is 11.1. The highest BCUT2D eigenvalue weighted by Gasteiger charge is 2.18. The predicted octanol–water partition coefficient (Wildman–Crippen LogP) is 0.689. The molecule has 0 radical (unpaired) electrons. The number of nitrogens with zero attached hydrogens (tertiary/aromatic N) is 2. The molecule has 1 aromatic carbocycles. The molecule has 8 nitrogen and oxygen atoms in total. The van der Waals surface area contributed by atoms with Crippen molar-refractivity contribution in [1.29, 1.82) is 0 Å². The molecular weight excluding hydrogens is 278 g/mol. The Kier molecular flexibility index (Phi) is 5.79. The van der Waals surface area contributed by atoms with Crippen molar-refractivity contribution in [2.24, 2.45) is 5.73 Å². The first-order valence-electron chi connectivity index (χ1n) is 6.17. The second-order valence-corrected chi connectivity index (χ2v) is 4.53. The van der Waals surface area contributed by atoms with E-state index in [1.54, 1.807) is 11.9 Å². The van der Waals surface area contributed by atoms with Crippen molar-refractivity contribution in [2.75, 3.05) is 20.7 Å². The highest BCUT2D eigenvalue weighted by molar-refractivity contribution is 5.93. The van der Waals surface area contributed by atoms with Crippen LogP contribution in [0.1, 0.15) is 22.3 Å². The molecule has 2 N–H and O–H groups in total. The van der Waals surface area contributed by atoms with Crippen molar-refractivity contribution in [2.45, 2.75) is 13.0 Å². The lowest BCUT2D eigenvalue weighted by molar-refractivity contribution is -0.385. The zero-order valence-electron chi connectivity index (χ0n) is 11.9. The van der Waals surface area contributed by atoms with Crippen molar-refractivity contribution >= 4 is 17.6 Å². The molecule has 114 valence electrons. The quantitative estimate of drug-likeness (QED) is 0.449. The average molecular weight is 295 g/mol. The van der Waals surface area contributed by atoms with Gasteiger partial charge in [0.25, 0.3) is 5.69 Å². The molecule has 0 aliphatic heterocycles. The predicted molar refractivity (Wildman–Crippen MR) is 74.6 cm³/mol. The number of hydrogen-bond donors (Lipinski definition) is 1. The Morgan fingerprint density at radius 1 is 1.43 bits per heavy atom. The number of benzene rings is 1. The van der Waals surface area contributed by atoms with E-state index in [2.05, 4.69) is 4.74 Å². The van der Waals surface area contributed by atoms with E-state index < -0.39 is 10.8 Å². The molecule has 0 saturated carbocycles. The van der Waals surface area contributed by atoms with Crippen LogP contribution in [0.3, 0.4) is 0 Å². The van der Waals surface area contributed by atoms with Crippen molar-refractivity contribution in [3.63, 3.8) is 0 Å². The second kappa shape index (κ2) is 7.34. The molecule has 0 unspecified atom stereocenters. The molecule has 0 aliphatic carbocycles. The van der Waals surface area contributed by atoms with Crippen LogP contribution in [0.15, 0.2) is 18.2 Å². The van der Waals surface area contributed by atoms with Gasteiger partial charge in [0.05, 0.1) is 18.5 Å². The van der Waals surface area contributed by atoms with Gasteiger partial charge in [0.2, 0.25) is 5.91 Å². The van der Waals surface area contributed by atoms with E-state index in [1.165, 1.54) is 19.2 Å². The van der Waals surface area contributed by atoms with E-state index in [9.17, 15) is 19.7 Å². The molecular formula is C13H17N3O5. The Bertz CT molecular complexity index is 559. The summed E-state index contributed by atoms with van der Waals surface area (Å²) in [5.41, 5.74) is 5.46. The summed E-state index contributed by atoms with van der Waals surface area (Å²) in [7, 11) is 3.03. The Morgan fingerprint density at radius 2 is 2.10 bits per heavy atom. The molecule has 1 rings (SSSR count). The van der Waals surface area contributed by atoms with Gasteiger partial charge in [-0.15, -0.1) is 0 Å². The SMILES string of the molecule is COC(=O)CCN(C)Cc1ccc(C(N)=O)cc1[N+](=O)[O-]. The van der Waals surface area contributed by atoms with Crippen molar-refractivity contribution in [3.8, 4) is 0 Å². The monoisotopic (exact) mass is 295 g/mol. The number of rotatable bonds is 7. The first-order chi connectivity index (χ1) is 9.85. The number of methoxy groups -OCH3 is 1. The molecule has 8 heteroatoms. The fraction of sp³-hybridized carbons (Fsp3) is 0.385. The number of nitro groups is 1. The number of carbonyl (C=O) groups excluding carboxylic acids is 2. The normalized spacial score (nSPS) is 10.4. The van der Waals surface area contributed by atoms with E-state index in [-0.39, 0.29) is 30.2 Å². The number of nitrogens with two attached hydrogens (primary N) is 1. The van der Waals surface area contributed by atoms with Gasteiger partial charge < -0.3 is 15.4 Å². The van der Waals surface area contributed by atoms with Crippen LogP contribution in [-0.2, 0) is 16.1 Å². The summed E-state index contributed by atoms with van der Waals surface area (Å²) < 4.78 is 4.53. The van der Waals surface area contributed by atoms with Gasteiger partial charge in [-0.1, -0.05) is 6.07 Å². The number of carbonyl (C=O) groups is 2. The third-order valence-electron chi connectivity index (χ3n) is 2.93. The molecule has 0 atom stereocenters. The molecule has 1 amide bonds. The number of hydrogen-bond acceptors (Lipinski definition) is 6. The molecule has 21 heavy (non-hydrogen) atoms. The lowest BCUT2D eigenvalue weighted by Gasteiger charge is -2.16. The molecule has 1 aromatic rings. The maximum absolute atomic E-state index is 11.1. The highest BCUT2D eigenvalue weighted by atomic mass is 16.6. The maximum atomic E-state index is 11.1. The molecule has 0 bridgehead atoms. The summed E-state index contributed by atoms with van der Waals surface area (Å²) in [6.07, 6.45) is 0.195. The zero-order chi connectivity index (χ0) is 16.0. The fourth-order valence-corrected chi connectivity index (χ4v) is 1.77. The van der Waals surface area contributed by atoms with Crippen molar-refractivity contribution < 1.29 is 19.2 Å². The molecule has 0 aliphatic rings. The van der Waals surface area contributed by atoms with Gasteiger partial charge in [-0.25, -0.2) is 0 Å². The minimum atomic E-state index is -0.719. The summed E-state index contributed by atoms with van der Waals surface area (Å²) >= 11 is 0. The first-order valence-corrected chi connectivity index (χ1v) is 6.17. The van der Waals surface area contributed by atoms with Crippen LogP contribution in [0, 0.1) is 10.1 Å². The van der Waals surface area contributed by atoms with E-state index in [1.807, 2.05) is 0 Å². The van der Waals surface area contributed by atoms with Gasteiger partial charge in [0.15, 0.2) is 0 Å². The highest BCUT2D eigenvalue weighted by Crippen LogP contribution is 2.21. The largest absolute Gasteiger partial charge is 0.469 e. The van der Waals surface area contributed by atoms with Crippen LogP contribution in [-0.4, -0.2) is 42.4 Å². The van der Waals surface area contributed by atoms with E-state index in [0.717, 1.165) is 6.07 Å². The summed E-state index contributed by atoms with van der Waals surface area (Å²) in [4.78, 5) is 34.4. The smallest absolute Gasteiger partial charge is 0.306 e. The van der Waals surface area contributed by atoms with E-state index >= 15 is 0 Å². The average Bonchev–Trinajstić information content (AvgIpc) is 2.44. The number of nitro benzene ring substituents is 1. The first kappa shape index (κ1) is 16.6. The van der Waals surface area contributed by atoms with Crippen LogP contribution in [0.4, 0.5) is 5.69 Å². The topological polar surface area (TPSA) is 116 Å². The number of ether oxygens (including phenoxy) is 1. The Hall–Kier alpha value is -2.48. The molecule has 0 saturated heterocycles. The van der Waals surface area contributed by atoms with Crippen LogP contribution in [0.25, 0.3) is 0 Å². The van der Waals surface area contributed by atoms with Crippen LogP contribution in [0.2, 0.25) is 0 Å². The Morgan fingerprint density at radius 3 is 2.62 bits per heavy atom. The third kappa shape index (κ3) is 4.84. The van der Waals surface area contributed by atoms with Crippen molar-refractivity contribution in [1.82, 2.24) is 4.90 Å². The minimum absolute atomic E-state index is 0.0858. The summed E-state index contributed by atoms with van der Waals surface area (Å²) in [6.45, 7) is 0.674. The van der Waals surface area contributed by atoms with Crippen LogP contribution >= 0.6 is 0 Å². The van der Waals surface area contributed by atoms with Gasteiger partial charge in [0.1, 0.15) is 0 Å². The summed E-state index contributed by atoms with van der Waals surface area (Å²) in [5.74, 6) is -1.07. The molecule has 0 heterocycles.